The molecule has 0 saturated carbocycles. The number of rotatable bonds is 8. The average molecular weight is 509 g/mol. The first-order valence-corrected chi connectivity index (χ1v) is 11.6. The van der Waals surface area contributed by atoms with Crippen molar-refractivity contribution in [1.29, 1.82) is 0 Å². The molecule has 5 rings (SSSR count). The first-order valence-electron chi connectivity index (χ1n) is 11.6. The molecule has 3 heterocycles. The van der Waals surface area contributed by atoms with E-state index in [-0.39, 0.29) is 23.7 Å². The lowest BCUT2D eigenvalue weighted by molar-refractivity contribution is -0.142. The third kappa shape index (κ3) is 5.25. The summed E-state index contributed by atoms with van der Waals surface area (Å²) in [6.07, 6.45) is -0.994. The first kappa shape index (κ1) is 24.3. The van der Waals surface area contributed by atoms with Crippen molar-refractivity contribution < 1.29 is 17.9 Å². The molecular formula is C26H23F3N6O2. The fourth-order valence-corrected chi connectivity index (χ4v) is 4.14. The average Bonchev–Trinajstić information content (AvgIpc) is 3.48. The number of ether oxygens (including phenoxy) is 1. The lowest BCUT2D eigenvalue weighted by atomic mass is 10.2. The molecule has 11 heteroatoms. The van der Waals surface area contributed by atoms with Crippen molar-refractivity contribution in [3.8, 4) is 22.8 Å². The smallest absolute Gasteiger partial charge is 0.408 e. The van der Waals surface area contributed by atoms with Crippen LogP contribution in [0.4, 0.5) is 13.2 Å². The Morgan fingerprint density at radius 3 is 2.51 bits per heavy atom. The van der Waals surface area contributed by atoms with Gasteiger partial charge < -0.3 is 9.30 Å². The molecule has 0 spiro atoms. The predicted molar refractivity (Wildman–Crippen MR) is 132 cm³/mol. The molecule has 8 nitrogen and oxygen atoms in total. The van der Waals surface area contributed by atoms with Crippen LogP contribution in [0.5, 0.6) is 5.75 Å². The van der Waals surface area contributed by atoms with Gasteiger partial charge in [0.15, 0.2) is 11.4 Å². The Balaban J connectivity index is 1.41. The van der Waals surface area contributed by atoms with Crippen LogP contribution in [-0.2, 0) is 20.0 Å². The highest BCUT2D eigenvalue weighted by Crippen LogP contribution is 2.22. The molecule has 0 amide bonds. The Bertz CT molecular complexity index is 1590. The molecule has 0 aliphatic carbocycles. The topological polar surface area (TPSA) is 79.8 Å². The first-order chi connectivity index (χ1) is 17.8. The van der Waals surface area contributed by atoms with Crippen LogP contribution < -0.4 is 10.2 Å². The lowest BCUT2D eigenvalue weighted by Crippen LogP contribution is -2.25. The van der Waals surface area contributed by atoms with Gasteiger partial charge in [0.1, 0.15) is 12.4 Å². The van der Waals surface area contributed by atoms with Crippen LogP contribution in [0.2, 0.25) is 0 Å². The van der Waals surface area contributed by atoms with Crippen molar-refractivity contribution >= 4 is 11.0 Å². The summed E-state index contributed by atoms with van der Waals surface area (Å²) in [4.78, 5) is 17.9. The van der Waals surface area contributed by atoms with Gasteiger partial charge in [-0.05, 0) is 36.8 Å². The van der Waals surface area contributed by atoms with Gasteiger partial charge in [0, 0.05) is 13.5 Å². The molecule has 0 bridgehead atoms. The van der Waals surface area contributed by atoms with E-state index < -0.39 is 18.1 Å². The van der Waals surface area contributed by atoms with E-state index >= 15 is 0 Å². The molecule has 0 N–H and O–H groups in total. The highest BCUT2D eigenvalue weighted by atomic mass is 19.4. The number of benzene rings is 2. The normalized spacial score (nSPS) is 11.8. The quantitative estimate of drug-likeness (QED) is 0.287. The van der Waals surface area contributed by atoms with Gasteiger partial charge in [0.05, 0.1) is 41.4 Å². The van der Waals surface area contributed by atoms with Crippen molar-refractivity contribution in [1.82, 2.24) is 29.1 Å². The number of aryl methyl sites for hydroxylation is 2. The molecule has 0 atom stereocenters. The zero-order valence-corrected chi connectivity index (χ0v) is 19.9. The summed E-state index contributed by atoms with van der Waals surface area (Å²) in [5.41, 5.74) is 1.99. The van der Waals surface area contributed by atoms with Gasteiger partial charge in [-0.3, -0.25) is 9.48 Å². The van der Waals surface area contributed by atoms with Crippen LogP contribution in [0, 0.1) is 0 Å². The van der Waals surface area contributed by atoms with Crippen molar-refractivity contribution in [2.75, 3.05) is 6.61 Å². The summed E-state index contributed by atoms with van der Waals surface area (Å²) in [6, 6.07) is 18.2. The van der Waals surface area contributed by atoms with Crippen LogP contribution in [0.15, 0.2) is 77.9 Å². The monoisotopic (exact) mass is 508 g/mol. The van der Waals surface area contributed by atoms with E-state index in [1.807, 2.05) is 41.9 Å². The fourth-order valence-electron chi connectivity index (χ4n) is 4.14. The molecule has 0 radical (unpaired) electrons. The van der Waals surface area contributed by atoms with E-state index in [0.29, 0.717) is 23.2 Å². The Hall–Kier alpha value is -4.41. The van der Waals surface area contributed by atoms with E-state index in [1.54, 1.807) is 24.3 Å². The van der Waals surface area contributed by atoms with E-state index in [4.69, 9.17) is 4.74 Å². The number of para-hydroxylation sites is 3. The third-order valence-corrected chi connectivity index (χ3v) is 5.84. The number of halogens is 3. The Morgan fingerprint density at radius 1 is 1.00 bits per heavy atom. The van der Waals surface area contributed by atoms with Crippen LogP contribution in [-0.4, -0.2) is 41.9 Å². The number of hydrogen-bond acceptors (Lipinski definition) is 5. The van der Waals surface area contributed by atoms with Crippen molar-refractivity contribution in [2.45, 2.75) is 25.6 Å². The molecule has 190 valence electrons. The zero-order chi connectivity index (χ0) is 26.0. The molecule has 0 fully saturated rings. The van der Waals surface area contributed by atoms with Crippen molar-refractivity contribution in [3.05, 3.63) is 89.1 Å². The maximum atomic E-state index is 13.3. The van der Waals surface area contributed by atoms with Gasteiger partial charge in [-0.2, -0.15) is 23.4 Å². The Kier molecular flexibility index (Phi) is 6.51. The van der Waals surface area contributed by atoms with Gasteiger partial charge >= 0.3 is 6.18 Å². The maximum absolute atomic E-state index is 13.3. The Morgan fingerprint density at radius 2 is 1.76 bits per heavy atom. The highest BCUT2D eigenvalue weighted by Gasteiger charge is 2.29. The summed E-state index contributed by atoms with van der Waals surface area (Å²) in [7, 11) is 1.92. The molecule has 0 aliphatic heterocycles. The van der Waals surface area contributed by atoms with Crippen molar-refractivity contribution in [2.24, 2.45) is 7.05 Å². The largest absolute Gasteiger partial charge is 0.488 e. The van der Waals surface area contributed by atoms with E-state index in [9.17, 15) is 18.0 Å². The molecule has 37 heavy (non-hydrogen) atoms. The number of fused-ring (bicyclic) bond motifs is 1. The maximum Gasteiger partial charge on any atom is 0.408 e. The van der Waals surface area contributed by atoms with Gasteiger partial charge in [-0.15, -0.1) is 0 Å². The van der Waals surface area contributed by atoms with Crippen LogP contribution in [0.3, 0.4) is 0 Å². The number of imidazole rings is 1. The lowest BCUT2D eigenvalue weighted by Gasteiger charge is -2.14. The summed E-state index contributed by atoms with van der Waals surface area (Å²) in [5, 5.41) is 8.22. The van der Waals surface area contributed by atoms with E-state index in [0.717, 1.165) is 23.1 Å². The second-order valence-corrected chi connectivity index (χ2v) is 8.48. The van der Waals surface area contributed by atoms with Crippen LogP contribution >= 0.6 is 0 Å². The molecule has 2 aromatic carbocycles. The fraction of sp³-hybridized carbons (Fsp3) is 0.231. The molecule has 0 unspecified atom stereocenters. The van der Waals surface area contributed by atoms with Gasteiger partial charge in [-0.25, -0.2) is 9.67 Å². The predicted octanol–water partition coefficient (Wildman–Crippen LogP) is 4.56. The summed E-state index contributed by atoms with van der Waals surface area (Å²) < 4.78 is 49.4. The highest BCUT2D eigenvalue weighted by molar-refractivity contribution is 5.75. The number of nitrogens with zero attached hydrogens (tertiary/aromatic N) is 6. The Labute approximate surface area is 209 Å². The summed E-state index contributed by atoms with van der Waals surface area (Å²) in [6.45, 7) is -1.25. The molecule has 3 aromatic heterocycles. The van der Waals surface area contributed by atoms with Crippen LogP contribution in [0.1, 0.15) is 12.2 Å². The molecule has 0 saturated heterocycles. The number of aromatic nitrogens is 6. The minimum atomic E-state index is -4.53. The minimum Gasteiger partial charge on any atom is -0.488 e. The second-order valence-electron chi connectivity index (χ2n) is 8.48. The van der Waals surface area contributed by atoms with Gasteiger partial charge in [0.2, 0.25) is 0 Å². The van der Waals surface area contributed by atoms with E-state index in [1.165, 1.54) is 16.9 Å². The number of hydrogen-bond donors (Lipinski definition) is 0. The molecular weight excluding hydrogens is 485 g/mol. The van der Waals surface area contributed by atoms with Crippen molar-refractivity contribution in [3.63, 3.8) is 0 Å². The van der Waals surface area contributed by atoms with Crippen LogP contribution in [0.25, 0.3) is 28.1 Å². The molecule has 5 aromatic rings. The zero-order valence-electron chi connectivity index (χ0n) is 19.9. The second kappa shape index (κ2) is 9.92. The number of alkyl halides is 3. The SMILES string of the molecule is Cn1c(CCCOc2cn(CC(F)(F)F)nc(-c3ccnn3-c3ccccc3)c2=O)nc2ccccc21. The standard InChI is InChI=1S/C26H23F3N6O2/c1-33-20-11-6-5-10-19(20)31-23(33)12-7-15-37-22-16-34(17-26(27,28)29)32-24(25(22)36)21-13-14-30-35(21)18-8-3-2-4-9-18/h2-6,8-11,13-14,16H,7,12,15,17H2,1H3. The summed E-state index contributed by atoms with van der Waals surface area (Å²) in [5.74, 6) is 0.640. The van der Waals surface area contributed by atoms with E-state index in [2.05, 4.69) is 15.2 Å². The third-order valence-electron chi connectivity index (χ3n) is 5.84. The van der Waals surface area contributed by atoms with Gasteiger partial charge in [-0.1, -0.05) is 30.3 Å². The summed E-state index contributed by atoms with van der Waals surface area (Å²) >= 11 is 0. The van der Waals surface area contributed by atoms with Gasteiger partial charge in [0.25, 0.3) is 5.43 Å². The minimum absolute atomic E-state index is 0.117. The molecule has 0 aliphatic rings.